The molecule has 0 aliphatic rings. The third-order valence-corrected chi connectivity index (χ3v) is 4.63. The van der Waals surface area contributed by atoms with E-state index in [1.807, 2.05) is 0 Å². The molecule has 0 aliphatic heterocycles. The van der Waals surface area contributed by atoms with Crippen LogP contribution in [-0.2, 0) is 16.7 Å². The number of hydrogen-bond donors (Lipinski definition) is 1. The van der Waals surface area contributed by atoms with Crippen LogP contribution in [0, 0.1) is 0 Å². The van der Waals surface area contributed by atoms with E-state index in [-0.39, 0.29) is 5.91 Å². The topological polar surface area (TPSA) is 54.9 Å². The maximum absolute atomic E-state index is 12.6. The molecule has 0 bridgehead atoms. The Hall–Kier alpha value is -1.61. The molecular weight excluding hydrogens is 335 g/mol. The molecule has 2 aromatic rings. The molecule has 9 heteroatoms. The van der Waals surface area contributed by atoms with Gasteiger partial charge in [0.05, 0.1) is 5.56 Å². The number of anilines is 1. The van der Waals surface area contributed by atoms with Gasteiger partial charge in [0.25, 0.3) is 0 Å². The van der Waals surface area contributed by atoms with Crippen LogP contribution in [0.4, 0.5) is 18.3 Å². The maximum atomic E-state index is 12.6. The summed E-state index contributed by atoms with van der Waals surface area (Å²) < 4.78 is 38.5. The van der Waals surface area contributed by atoms with Crippen LogP contribution in [0.2, 0.25) is 0 Å². The van der Waals surface area contributed by atoms with E-state index < -0.39 is 11.7 Å². The van der Waals surface area contributed by atoms with Gasteiger partial charge in [0, 0.05) is 12.2 Å². The lowest BCUT2D eigenvalue weighted by Gasteiger charge is -2.07. The van der Waals surface area contributed by atoms with Gasteiger partial charge in [-0.1, -0.05) is 48.2 Å². The standard InChI is InChI=1S/C13H12F3N3OS2/c1-2-10(20)17-11-18-19-12(22-11)21-7-8-4-3-5-9(6-8)13(14,15)16/h3-6H,2,7H2,1H3,(H,17,18,20). The van der Waals surface area contributed by atoms with Gasteiger partial charge >= 0.3 is 6.18 Å². The summed E-state index contributed by atoms with van der Waals surface area (Å²) in [6.45, 7) is 1.72. The number of hydrogen-bond acceptors (Lipinski definition) is 5. The highest BCUT2D eigenvalue weighted by Crippen LogP contribution is 2.32. The molecule has 1 N–H and O–H groups in total. The van der Waals surface area contributed by atoms with Crippen LogP contribution in [0.1, 0.15) is 24.5 Å². The van der Waals surface area contributed by atoms with Gasteiger partial charge in [0.15, 0.2) is 4.34 Å². The number of benzene rings is 1. The molecule has 22 heavy (non-hydrogen) atoms. The first kappa shape index (κ1) is 16.8. The molecule has 118 valence electrons. The molecule has 0 aliphatic carbocycles. The molecule has 1 heterocycles. The number of halogens is 3. The van der Waals surface area contributed by atoms with Crippen molar-refractivity contribution < 1.29 is 18.0 Å². The molecule has 0 spiro atoms. The van der Waals surface area contributed by atoms with Crippen LogP contribution in [0.25, 0.3) is 0 Å². The predicted molar refractivity (Wildman–Crippen MR) is 79.8 cm³/mol. The number of amides is 1. The Morgan fingerprint density at radius 2 is 2.14 bits per heavy atom. The van der Waals surface area contributed by atoms with Gasteiger partial charge in [-0.05, 0) is 11.6 Å². The fourth-order valence-electron chi connectivity index (χ4n) is 1.51. The molecule has 1 aromatic carbocycles. The first-order valence-corrected chi connectivity index (χ1v) is 8.11. The minimum Gasteiger partial charge on any atom is -0.301 e. The second-order valence-corrected chi connectivity index (χ2v) is 6.46. The lowest BCUT2D eigenvalue weighted by Crippen LogP contribution is -2.08. The van der Waals surface area contributed by atoms with Gasteiger partial charge in [-0.15, -0.1) is 10.2 Å². The molecule has 0 saturated heterocycles. The first-order chi connectivity index (χ1) is 10.4. The lowest BCUT2D eigenvalue weighted by atomic mass is 10.1. The van der Waals surface area contributed by atoms with E-state index in [0.717, 1.165) is 12.1 Å². The van der Waals surface area contributed by atoms with Crippen molar-refractivity contribution in [2.75, 3.05) is 5.32 Å². The zero-order valence-electron chi connectivity index (χ0n) is 11.5. The van der Waals surface area contributed by atoms with E-state index in [9.17, 15) is 18.0 Å². The lowest BCUT2D eigenvalue weighted by molar-refractivity contribution is -0.137. The molecule has 0 unspecified atom stereocenters. The molecule has 4 nitrogen and oxygen atoms in total. The Labute approximate surface area is 133 Å². The minimum atomic E-state index is -4.35. The van der Waals surface area contributed by atoms with Crippen molar-refractivity contribution in [2.45, 2.75) is 29.6 Å². The monoisotopic (exact) mass is 347 g/mol. The average Bonchev–Trinajstić information content (AvgIpc) is 2.92. The van der Waals surface area contributed by atoms with Crippen LogP contribution in [0.15, 0.2) is 28.6 Å². The van der Waals surface area contributed by atoms with Gasteiger partial charge in [-0.25, -0.2) is 0 Å². The quantitative estimate of drug-likeness (QED) is 0.651. The fourth-order valence-corrected chi connectivity index (χ4v) is 3.22. The van der Waals surface area contributed by atoms with E-state index in [1.165, 1.54) is 29.2 Å². The van der Waals surface area contributed by atoms with E-state index >= 15 is 0 Å². The first-order valence-electron chi connectivity index (χ1n) is 6.30. The number of carbonyl (C=O) groups is 1. The Balaban J connectivity index is 1.97. The summed E-state index contributed by atoms with van der Waals surface area (Å²) in [7, 11) is 0. The highest BCUT2D eigenvalue weighted by Gasteiger charge is 2.30. The summed E-state index contributed by atoms with van der Waals surface area (Å²) in [5, 5.41) is 10.7. The number of nitrogens with zero attached hydrogens (tertiary/aromatic N) is 2. The van der Waals surface area contributed by atoms with Crippen LogP contribution in [-0.4, -0.2) is 16.1 Å². The second-order valence-electron chi connectivity index (χ2n) is 4.26. The van der Waals surface area contributed by atoms with E-state index in [2.05, 4.69) is 15.5 Å². The summed E-state index contributed by atoms with van der Waals surface area (Å²) in [5.41, 5.74) is -0.118. The van der Waals surface area contributed by atoms with Gasteiger partial charge in [-0.2, -0.15) is 13.2 Å². The predicted octanol–water partition coefficient (Wildman–Crippen LogP) is 4.20. The summed E-state index contributed by atoms with van der Waals surface area (Å²) >= 11 is 2.47. The Morgan fingerprint density at radius 1 is 1.36 bits per heavy atom. The number of rotatable bonds is 5. The summed E-state index contributed by atoms with van der Waals surface area (Å²) in [5.74, 6) is 0.186. The van der Waals surface area contributed by atoms with Crippen molar-refractivity contribution in [2.24, 2.45) is 0 Å². The van der Waals surface area contributed by atoms with E-state index in [1.54, 1.807) is 13.0 Å². The van der Waals surface area contributed by atoms with E-state index in [0.29, 0.717) is 27.2 Å². The van der Waals surface area contributed by atoms with Crippen LogP contribution in [0.5, 0.6) is 0 Å². The molecular formula is C13H12F3N3OS2. The molecule has 1 aromatic heterocycles. The Morgan fingerprint density at radius 3 is 2.82 bits per heavy atom. The number of nitrogens with one attached hydrogen (secondary N) is 1. The summed E-state index contributed by atoms with van der Waals surface area (Å²) in [6, 6.07) is 5.17. The van der Waals surface area contributed by atoms with Gasteiger partial charge in [-0.3, -0.25) is 4.79 Å². The number of thioether (sulfide) groups is 1. The zero-order chi connectivity index (χ0) is 16.2. The normalized spacial score (nSPS) is 11.5. The molecule has 0 atom stereocenters. The average molecular weight is 347 g/mol. The minimum absolute atomic E-state index is 0.162. The van der Waals surface area contributed by atoms with Crippen LogP contribution >= 0.6 is 23.1 Å². The largest absolute Gasteiger partial charge is 0.416 e. The van der Waals surface area contributed by atoms with Crippen LogP contribution < -0.4 is 5.32 Å². The van der Waals surface area contributed by atoms with Crippen molar-refractivity contribution in [3.05, 3.63) is 35.4 Å². The Bertz CT molecular complexity index is 658. The van der Waals surface area contributed by atoms with Crippen molar-refractivity contribution in [1.82, 2.24) is 10.2 Å². The number of carbonyl (C=O) groups excluding carboxylic acids is 1. The summed E-state index contributed by atoms with van der Waals surface area (Å²) in [4.78, 5) is 11.2. The number of alkyl halides is 3. The SMILES string of the molecule is CCC(=O)Nc1nnc(SCc2cccc(C(F)(F)F)c2)s1. The molecule has 0 saturated carbocycles. The fraction of sp³-hybridized carbons (Fsp3) is 0.308. The maximum Gasteiger partial charge on any atom is 0.416 e. The van der Waals surface area contributed by atoms with Crippen molar-refractivity contribution in [3.8, 4) is 0 Å². The summed E-state index contributed by atoms with van der Waals surface area (Å²) in [6.07, 6.45) is -4.01. The Kier molecular flexibility index (Phi) is 5.41. The number of aromatic nitrogens is 2. The van der Waals surface area contributed by atoms with E-state index in [4.69, 9.17) is 0 Å². The molecule has 1 amide bonds. The zero-order valence-corrected chi connectivity index (χ0v) is 13.1. The third kappa shape index (κ3) is 4.70. The molecule has 2 rings (SSSR count). The molecule has 0 fully saturated rings. The highest BCUT2D eigenvalue weighted by molar-refractivity contribution is 8.00. The second kappa shape index (κ2) is 7.10. The van der Waals surface area contributed by atoms with Crippen molar-refractivity contribution in [1.29, 1.82) is 0 Å². The highest BCUT2D eigenvalue weighted by atomic mass is 32.2. The van der Waals surface area contributed by atoms with Crippen LogP contribution in [0.3, 0.4) is 0 Å². The van der Waals surface area contributed by atoms with Gasteiger partial charge in [0.1, 0.15) is 0 Å². The van der Waals surface area contributed by atoms with Gasteiger partial charge < -0.3 is 5.32 Å². The third-order valence-electron chi connectivity index (χ3n) is 2.59. The van der Waals surface area contributed by atoms with Crippen molar-refractivity contribution >= 4 is 34.1 Å². The van der Waals surface area contributed by atoms with Gasteiger partial charge in [0.2, 0.25) is 11.0 Å². The smallest absolute Gasteiger partial charge is 0.301 e. The van der Waals surface area contributed by atoms with Crippen molar-refractivity contribution in [3.63, 3.8) is 0 Å². The molecule has 0 radical (unpaired) electrons.